The maximum absolute atomic E-state index is 11.4. The summed E-state index contributed by atoms with van der Waals surface area (Å²) in [5.74, 6) is -0.421. The van der Waals surface area contributed by atoms with E-state index >= 15 is 0 Å². The molecule has 0 aliphatic rings. The summed E-state index contributed by atoms with van der Waals surface area (Å²) >= 11 is 0. The van der Waals surface area contributed by atoms with Crippen molar-refractivity contribution in [2.45, 2.75) is 0 Å². The maximum atomic E-state index is 11.4. The Morgan fingerprint density at radius 2 is 1.93 bits per heavy atom. The number of benzene rings is 1. The molecule has 2 aromatic rings. The van der Waals surface area contributed by atoms with Gasteiger partial charge in [-0.15, -0.1) is 0 Å². The molecule has 0 saturated carbocycles. The lowest BCUT2D eigenvalue weighted by molar-refractivity contribution is 0.427. The Labute approximate surface area is 84.8 Å². The molecule has 0 saturated heterocycles. The van der Waals surface area contributed by atoms with Crippen molar-refractivity contribution in [3.8, 4) is 17.0 Å². The Balaban J connectivity index is 2.69. The fourth-order valence-electron chi connectivity index (χ4n) is 1.27. The van der Waals surface area contributed by atoms with Gasteiger partial charge >= 0.3 is 5.63 Å². The van der Waals surface area contributed by atoms with E-state index in [1.165, 1.54) is 0 Å². The molecule has 2 rings (SSSR count). The number of rotatable bonds is 1. The molecule has 0 fully saturated rings. The zero-order valence-corrected chi connectivity index (χ0v) is 7.68. The molecule has 0 bridgehead atoms. The van der Waals surface area contributed by atoms with Gasteiger partial charge in [-0.3, -0.25) is 0 Å². The third-order valence-electron chi connectivity index (χ3n) is 1.90. The van der Waals surface area contributed by atoms with Crippen LogP contribution in [0.25, 0.3) is 11.1 Å². The second-order valence-corrected chi connectivity index (χ2v) is 2.90. The van der Waals surface area contributed by atoms with Crippen molar-refractivity contribution in [2.75, 3.05) is 5.73 Å². The SMILES string of the molecule is Nc1nc(O)c(-c2ccccc2)c(=O)o1. The van der Waals surface area contributed by atoms with Crippen LogP contribution >= 0.6 is 0 Å². The Morgan fingerprint density at radius 1 is 1.27 bits per heavy atom. The Kier molecular flexibility index (Phi) is 2.13. The standard InChI is InChI=1S/C10H8N2O3/c11-10-12-8(13)7(9(14)15-10)6-4-2-1-3-5-6/h1-5,13H,(H2,11,12). The summed E-state index contributed by atoms with van der Waals surface area (Å²) in [7, 11) is 0. The van der Waals surface area contributed by atoms with Crippen LogP contribution in [0.1, 0.15) is 0 Å². The predicted molar refractivity (Wildman–Crippen MR) is 54.3 cm³/mol. The number of hydrogen-bond acceptors (Lipinski definition) is 5. The molecular weight excluding hydrogens is 196 g/mol. The van der Waals surface area contributed by atoms with Crippen molar-refractivity contribution in [1.29, 1.82) is 0 Å². The third kappa shape index (κ3) is 1.67. The van der Waals surface area contributed by atoms with E-state index in [1.807, 2.05) is 0 Å². The summed E-state index contributed by atoms with van der Waals surface area (Å²) in [6.07, 6.45) is 0. The number of aromatic hydroxyl groups is 1. The molecule has 0 atom stereocenters. The van der Waals surface area contributed by atoms with Gasteiger partial charge in [0.2, 0.25) is 5.88 Å². The lowest BCUT2D eigenvalue weighted by Gasteiger charge is -2.01. The lowest BCUT2D eigenvalue weighted by Crippen LogP contribution is -2.07. The first-order chi connectivity index (χ1) is 7.18. The van der Waals surface area contributed by atoms with Crippen LogP contribution in [0.15, 0.2) is 39.5 Å². The van der Waals surface area contributed by atoms with Gasteiger partial charge in [0.1, 0.15) is 5.56 Å². The van der Waals surface area contributed by atoms with Crippen LogP contribution in [0.3, 0.4) is 0 Å². The van der Waals surface area contributed by atoms with Gasteiger partial charge in [-0.1, -0.05) is 30.3 Å². The van der Waals surface area contributed by atoms with E-state index in [2.05, 4.69) is 9.40 Å². The average Bonchev–Trinajstić information content (AvgIpc) is 2.17. The summed E-state index contributed by atoms with van der Waals surface area (Å²) in [5, 5.41) is 9.47. The molecule has 0 aliphatic heterocycles. The minimum atomic E-state index is -0.703. The molecule has 0 amide bonds. The van der Waals surface area contributed by atoms with Gasteiger partial charge in [0, 0.05) is 0 Å². The van der Waals surface area contributed by atoms with Crippen LogP contribution in [-0.4, -0.2) is 10.1 Å². The number of aromatic nitrogens is 1. The molecular formula is C10H8N2O3. The fraction of sp³-hybridized carbons (Fsp3) is 0. The Hall–Kier alpha value is -2.30. The van der Waals surface area contributed by atoms with Crippen LogP contribution in [0.5, 0.6) is 5.88 Å². The highest BCUT2D eigenvalue weighted by Crippen LogP contribution is 2.23. The number of nitrogens with two attached hydrogens (primary N) is 1. The Bertz CT molecular complexity index is 534. The zero-order chi connectivity index (χ0) is 10.8. The monoisotopic (exact) mass is 204 g/mol. The van der Waals surface area contributed by atoms with Crippen molar-refractivity contribution in [1.82, 2.24) is 4.98 Å². The molecule has 3 N–H and O–H groups in total. The van der Waals surface area contributed by atoms with E-state index in [4.69, 9.17) is 5.73 Å². The van der Waals surface area contributed by atoms with Crippen LogP contribution in [-0.2, 0) is 0 Å². The number of nitrogens with zero attached hydrogens (tertiary/aromatic N) is 1. The number of nitrogen functional groups attached to an aromatic ring is 1. The zero-order valence-electron chi connectivity index (χ0n) is 7.68. The van der Waals surface area contributed by atoms with E-state index in [9.17, 15) is 9.90 Å². The van der Waals surface area contributed by atoms with E-state index in [-0.39, 0.29) is 11.6 Å². The van der Waals surface area contributed by atoms with Crippen molar-refractivity contribution in [3.05, 3.63) is 40.8 Å². The van der Waals surface area contributed by atoms with Gasteiger partial charge in [0.05, 0.1) is 0 Å². The molecule has 5 heteroatoms. The number of hydrogen-bond donors (Lipinski definition) is 2. The van der Waals surface area contributed by atoms with Crippen molar-refractivity contribution < 1.29 is 9.52 Å². The molecule has 0 unspecified atom stereocenters. The van der Waals surface area contributed by atoms with Gasteiger partial charge in [-0.2, -0.15) is 4.98 Å². The van der Waals surface area contributed by atoms with E-state index in [0.717, 1.165) is 0 Å². The average molecular weight is 204 g/mol. The molecule has 76 valence electrons. The molecule has 1 aromatic heterocycles. The first kappa shape index (κ1) is 9.26. The molecule has 0 radical (unpaired) electrons. The Morgan fingerprint density at radius 3 is 2.53 bits per heavy atom. The van der Waals surface area contributed by atoms with Crippen LogP contribution in [0.2, 0.25) is 0 Å². The largest absolute Gasteiger partial charge is 0.493 e. The fourth-order valence-corrected chi connectivity index (χ4v) is 1.27. The minimum absolute atomic E-state index is 0.0183. The number of anilines is 1. The highest BCUT2D eigenvalue weighted by atomic mass is 16.4. The minimum Gasteiger partial charge on any atom is -0.493 e. The normalized spacial score (nSPS) is 10.1. The van der Waals surface area contributed by atoms with Crippen molar-refractivity contribution in [3.63, 3.8) is 0 Å². The molecule has 5 nitrogen and oxygen atoms in total. The topological polar surface area (TPSA) is 89.4 Å². The smallest absolute Gasteiger partial charge is 0.352 e. The summed E-state index contributed by atoms with van der Waals surface area (Å²) < 4.78 is 4.59. The second-order valence-electron chi connectivity index (χ2n) is 2.90. The van der Waals surface area contributed by atoms with E-state index in [0.29, 0.717) is 5.56 Å². The highest BCUT2D eigenvalue weighted by molar-refractivity contribution is 5.66. The second kappa shape index (κ2) is 3.45. The molecule has 15 heavy (non-hydrogen) atoms. The molecule has 1 aromatic carbocycles. The molecule has 0 spiro atoms. The molecule has 0 aliphatic carbocycles. The summed E-state index contributed by atoms with van der Waals surface area (Å²) in [6, 6.07) is 8.27. The van der Waals surface area contributed by atoms with E-state index < -0.39 is 11.5 Å². The predicted octanol–water partition coefficient (Wildman–Crippen LogP) is 0.990. The summed E-state index contributed by atoms with van der Waals surface area (Å²) in [6.45, 7) is 0. The van der Waals surface area contributed by atoms with Crippen molar-refractivity contribution in [2.24, 2.45) is 0 Å². The van der Waals surface area contributed by atoms with E-state index in [1.54, 1.807) is 30.3 Å². The lowest BCUT2D eigenvalue weighted by atomic mass is 10.1. The van der Waals surface area contributed by atoms with Gasteiger partial charge in [-0.25, -0.2) is 4.79 Å². The first-order valence-corrected chi connectivity index (χ1v) is 4.23. The van der Waals surface area contributed by atoms with Gasteiger partial charge in [0.25, 0.3) is 6.01 Å². The third-order valence-corrected chi connectivity index (χ3v) is 1.90. The van der Waals surface area contributed by atoms with Crippen LogP contribution in [0.4, 0.5) is 6.01 Å². The quantitative estimate of drug-likeness (QED) is 0.722. The van der Waals surface area contributed by atoms with Gasteiger partial charge in [0.15, 0.2) is 0 Å². The first-order valence-electron chi connectivity index (χ1n) is 4.23. The van der Waals surface area contributed by atoms with Gasteiger partial charge < -0.3 is 15.3 Å². The summed E-state index contributed by atoms with van der Waals surface area (Å²) in [5.41, 5.74) is 5.02. The van der Waals surface area contributed by atoms with Crippen LogP contribution < -0.4 is 11.4 Å². The van der Waals surface area contributed by atoms with Crippen LogP contribution in [0, 0.1) is 0 Å². The van der Waals surface area contributed by atoms with Gasteiger partial charge in [-0.05, 0) is 5.56 Å². The van der Waals surface area contributed by atoms with Crippen molar-refractivity contribution >= 4 is 6.01 Å². The highest BCUT2D eigenvalue weighted by Gasteiger charge is 2.12. The maximum Gasteiger partial charge on any atom is 0.352 e. The molecule has 1 heterocycles. The summed E-state index contributed by atoms with van der Waals surface area (Å²) in [4.78, 5) is 14.9.